The summed E-state index contributed by atoms with van der Waals surface area (Å²) in [5.41, 5.74) is 3.06. The van der Waals surface area contributed by atoms with Gasteiger partial charge in [-0.25, -0.2) is 10.0 Å². The maximum Gasteiger partial charge on any atom is 0.225 e. The highest BCUT2D eigenvalue weighted by Crippen LogP contribution is 2.31. The third-order valence-electron chi connectivity index (χ3n) is 5.30. The number of hydrogen-bond acceptors (Lipinski definition) is 4. The zero-order chi connectivity index (χ0) is 17.9. The minimum Gasteiger partial charge on any atom is -0.337 e. The number of rotatable bonds is 4. The second-order valence-corrected chi connectivity index (χ2v) is 7.52. The smallest absolute Gasteiger partial charge is 0.225 e. The number of allylic oxidation sites excluding steroid dienone is 3. The van der Waals surface area contributed by atoms with Crippen molar-refractivity contribution in [1.82, 2.24) is 15.3 Å². The van der Waals surface area contributed by atoms with Crippen LogP contribution in [0.15, 0.2) is 22.8 Å². The predicted molar refractivity (Wildman–Crippen MR) is 95.8 cm³/mol. The van der Waals surface area contributed by atoms with Gasteiger partial charge in [0.1, 0.15) is 5.54 Å². The molecule has 0 radical (unpaired) electrons. The second-order valence-electron chi connectivity index (χ2n) is 7.52. The van der Waals surface area contributed by atoms with E-state index in [1.165, 1.54) is 16.7 Å². The number of carbonyl (C=O) groups is 1. The summed E-state index contributed by atoms with van der Waals surface area (Å²) in [5, 5.41) is 16.9. The van der Waals surface area contributed by atoms with E-state index in [0.29, 0.717) is 25.2 Å². The van der Waals surface area contributed by atoms with Crippen LogP contribution in [-0.4, -0.2) is 48.6 Å². The van der Waals surface area contributed by atoms with Gasteiger partial charge < -0.3 is 5.32 Å². The molecule has 2 rings (SSSR count). The molecule has 0 saturated carbocycles. The summed E-state index contributed by atoms with van der Waals surface area (Å²) in [5.74, 6) is 0.374. The molecule has 1 N–H and O–H groups in total. The summed E-state index contributed by atoms with van der Waals surface area (Å²) < 4.78 is 0. The molecule has 0 spiro atoms. The number of amides is 1. The highest BCUT2D eigenvalue weighted by Gasteiger charge is 2.37. The molecule has 2 aliphatic rings. The molecule has 0 aromatic heterocycles. The Morgan fingerprint density at radius 3 is 2.54 bits per heavy atom. The zero-order valence-electron chi connectivity index (χ0n) is 15.6. The lowest BCUT2D eigenvalue weighted by atomic mass is 9.83. The maximum absolute atomic E-state index is 12.6. The van der Waals surface area contributed by atoms with Crippen molar-refractivity contribution < 1.29 is 4.79 Å². The summed E-state index contributed by atoms with van der Waals surface area (Å²) >= 11 is 0. The van der Waals surface area contributed by atoms with E-state index >= 15 is 0 Å². The van der Waals surface area contributed by atoms with Crippen LogP contribution in [0.1, 0.15) is 46.5 Å². The second kappa shape index (κ2) is 7.50. The number of nitrogens with zero attached hydrogens (tertiary/aromatic N) is 3. The van der Waals surface area contributed by atoms with Gasteiger partial charge in [-0.05, 0) is 39.0 Å². The molecule has 0 bridgehead atoms. The van der Waals surface area contributed by atoms with Crippen LogP contribution in [0.25, 0.3) is 0 Å². The molecule has 1 fully saturated rings. The molecule has 1 heterocycles. The molecule has 5 nitrogen and oxygen atoms in total. The monoisotopic (exact) mass is 330 g/mol. The number of piperidine rings is 1. The molecular weight excluding hydrogens is 300 g/mol. The fourth-order valence-corrected chi connectivity index (χ4v) is 3.86. The molecule has 1 atom stereocenters. The van der Waals surface area contributed by atoms with Crippen LogP contribution in [-0.2, 0) is 4.79 Å². The van der Waals surface area contributed by atoms with Crippen LogP contribution in [0.2, 0.25) is 0 Å². The van der Waals surface area contributed by atoms with Gasteiger partial charge in [-0.3, -0.25) is 4.79 Å². The summed E-state index contributed by atoms with van der Waals surface area (Å²) in [4.78, 5) is 12.6. The van der Waals surface area contributed by atoms with Gasteiger partial charge in [0, 0.05) is 33.6 Å². The van der Waals surface area contributed by atoms with Crippen LogP contribution >= 0.6 is 0 Å². The quantitative estimate of drug-likeness (QED) is 0.861. The van der Waals surface area contributed by atoms with E-state index in [1.54, 1.807) is 0 Å². The zero-order valence-corrected chi connectivity index (χ0v) is 15.6. The van der Waals surface area contributed by atoms with Crippen molar-refractivity contribution in [3.8, 4) is 6.07 Å². The Labute approximate surface area is 146 Å². The first kappa shape index (κ1) is 18.7. The SMILES string of the molecule is CC1=CC(C)=C(CC(=O)NC2(C#N)CCN(N(C)C)CC2)C(C)C1. The van der Waals surface area contributed by atoms with Crippen molar-refractivity contribution in [3.05, 3.63) is 22.8 Å². The lowest BCUT2D eigenvalue weighted by Gasteiger charge is -2.40. The van der Waals surface area contributed by atoms with Gasteiger partial charge in [-0.15, -0.1) is 0 Å². The van der Waals surface area contributed by atoms with Gasteiger partial charge in [0.25, 0.3) is 0 Å². The van der Waals surface area contributed by atoms with Crippen molar-refractivity contribution in [2.24, 2.45) is 5.92 Å². The van der Waals surface area contributed by atoms with Gasteiger partial charge in [-0.2, -0.15) is 5.26 Å². The van der Waals surface area contributed by atoms with Gasteiger partial charge >= 0.3 is 0 Å². The first-order valence-electron chi connectivity index (χ1n) is 8.77. The molecule has 24 heavy (non-hydrogen) atoms. The third-order valence-corrected chi connectivity index (χ3v) is 5.30. The maximum atomic E-state index is 12.6. The van der Waals surface area contributed by atoms with Crippen LogP contribution in [0, 0.1) is 17.2 Å². The fourth-order valence-electron chi connectivity index (χ4n) is 3.86. The minimum atomic E-state index is -0.721. The standard InChI is InChI=1S/C19H30N4O/c1-14-10-15(2)17(16(3)11-14)12-18(24)21-19(13-20)6-8-23(9-7-19)22(4)5/h10,16H,6-9,11-12H2,1-5H3,(H,21,24). The van der Waals surface area contributed by atoms with Crippen LogP contribution < -0.4 is 5.32 Å². The van der Waals surface area contributed by atoms with Crippen LogP contribution in [0.3, 0.4) is 0 Å². The fraction of sp³-hybridized carbons (Fsp3) is 0.684. The van der Waals surface area contributed by atoms with Gasteiger partial charge in [-0.1, -0.05) is 29.7 Å². The van der Waals surface area contributed by atoms with E-state index in [0.717, 1.165) is 19.5 Å². The molecular formula is C19H30N4O. The number of nitrogens with one attached hydrogen (secondary N) is 1. The normalized spacial score (nSPS) is 24.5. The van der Waals surface area contributed by atoms with E-state index < -0.39 is 5.54 Å². The number of hydrogen-bond donors (Lipinski definition) is 1. The van der Waals surface area contributed by atoms with E-state index in [-0.39, 0.29) is 5.91 Å². The summed E-state index contributed by atoms with van der Waals surface area (Å²) in [6.45, 7) is 7.98. The van der Waals surface area contributed by atoms with E-state index in [4.69, 9.17) is 0 Å². The Hall–Kier alpha value is -1.64. The Morgan fingerprint density at radius 2 is 2.04 bits per heavy atom. The van der Waals surface area contributed by atoms with Crippen molar-refractivity contribution in [2.75, 3.05) is 27.2 Å². The number of carbonyl (C=O) groups excluding carboxylic acids is 1. The Kier molecular flexibility index (Phi) is 5.84. The van der Waals surface area contributed by atoms with Crippen molar-refractivity contribution in [2.45, 2.75) is 52.0 Å². The van der Waals surface area contributed by atoms with Gasteiger partial charge in [0.2, 0.25) is 5.91 Å². The van der Waals surface area contributed by atoms with Gasteiger partial charge in [0.15, 0.2) is 0 Å². The lowest BCUT2D eigenvalue weighted by Crippen LogP contribution is -2.56. The highest BCUT2D eigenvalue weighted by molar-refractivity contribution is 5.80. The largest absolute Gasteiger partial charge is 0.337 e. The van der Waals surface area contributed by atoms with Crippen molar-refractivity contribution >= 4 is 5.91 Å². The third kappa shape index (κ3) is 4.25. The minimum absolute atomic E-state index is 0.0241. The molecule has 5 heteroatoms. The van der Waals surface area contributed by atoms with Crippen molar-refractivity contribution in [3.63, 3.8) is 0 Å². The number of nitriles is 1. The van der Waals surface area contributed by atoms with Crippen LogP contribution in [0.5, 0.6) is 0 Å². The first-order valence-corrected chi connectivity index (χ1v) is 8.77. The Bertz CT molecular complexity index is 589. The summed E-state index contributed by atoms with van der Waals surface area (Å²) in [7, 11) is 4.01. The predicted octanol–water partition coefficient (Wildman–Crippen LogP) is 2.63. The van der Waals surface area contributed by atoms with Gasteiger partial charge in [0.05, 0.1) is 6.07 Å². The van der Waals surface area contributed by atoms with E-state index in [9.17, 15) is 10.1 Å². The summed E-state index contributed by atoms with van der Waals surface area (Å²) in [6, 6.07) is 2.37. The first-order chi connectivity index (χ1) is 11.3. The molecule has 1 unspecified atom stereocenters. The lowest BCUT2D eigenvalue weighted by molar-refractivity contribution is -0.122. The summed E-state index contributed by atoms with van der Waals surface area (Å²) in [6.07, 6.45) is 4.93. The Balaban J connectivity index is 2.01. The van der Waals surface area contributed by atoms with Crippen LogP contribution in [0.4, 0.5) is 0 Å². The van der Waals surface area contributed by atoms with E-state index in [1.807, 2.05) is 14.1 Å². The molecule has 1 saturated heterocycles. The molecule has 0 aromatic rings. The highest BCUT2D eigenvalue weighted by atomic mass is 16.1. The molecule has 1 aliphatic heterocycles. The Morgan fingerprint density at radius 1 is 1.42 bits per heavy atom. The average Bonchev–Trinajstić information content (AvgIpc) is 2.51. The molecule has 1 aliphatic carbocycles. The molecule has 0 aromatic carbocycles. The molecule has 132 valence electrons. The molecule has 1 amide bonds. The van der Waals surface area contributed by atoms with E-state index in [2.05, 4.69) is 48.3 Å². The van der Waals surface area contributed by atoms with Crippen molar-refractivity contribution in [1.29, 1.82) is 5.26 Å². The average molecular weight is 330 g/mol. The number of hydrazine groups is 1. The topological polar surface area (TPSA) is 59.4 Å².